The zero-order chi connectivity index (χ0) is 12.1. The van der Waals surface area contributed by atoms with Crippen LogP contribution in [0.3, 0.4) is 0 Å². The molecule has 0 bridgehead atoms. The molecule has 0 aliphatic rings. The molecule has 0 atom stereocenters. The molecule has 0 saturated carbocycles. The molecule has 0 aliphatic heterocycles. The average Bonchev–Trinajstić information content (AvgIpc) is 2.60. The third-order valence-corrected chi connectivity index (χ3v) is 2.64. The maximum atomic E-state index is 11.4. The van der Waals surface area contributed by atoms with Gasteiger partial charge >= 0.3 is 12.0 Å². The number of nitrogens with one attached hydrogen (secondary N) is 1. The van der Waals surface area contributed by atoms with E-state index >= 15 is 0 Å². The molecule has 0 fully saturated rings. The molecule has 1 rings (SSSR count). The predicted octanol–water partition coefficient (Wildman–Crippen LogP) is 0.408. The molecule has 0 saturated heterocycles. The van der Waals surface area contributed by atoms with Gasteiger partial charge in [0.2, 0.25) is 0 Å². The van der Waals surface area contributed by atoms with Gasteiger partial charge in [-0.15, -0.1) is 11.3 Å². The van der Waals surface area contributed by atoms with Crippen molar-refractivity contribution in [3.63, 3.8) is 0 Å². The van der Waals surface area contributed by atoms with Crippen LogP contribution in [0.15, 0.2) is 11.4 Å². The number of amides is 3. The van der Waals surface area contributed by atoms with Gasteiger partial charge in [0.25, 0.3) is 5.91 Å². The van der Waals surface area contributed by atoms with Gasteiger partial charge in [0.15, 0.2) is 6.61 Å². The Labute approximate surface area is 95.4 Å². The third-order valence-electron chi connectivity index (χ3n) is 1.64. The number of aryl methyl sites for hydroxylation is 1. The van der Waals surface area contributed by atoms with Crippen molar-refractivity contribution < 1.29 is 19.1 Å². The minimum absolute atomic E-state index is 0.437. The van der Waals surface area contributed by atoms with Crippen LogP contribution in [0, 0.1) is 6.92 Å². The minimum Gasteiger partial charge on any atom is -0.451 e. The van der Waals surface area contributed by atoms with E-state index in [1.54, 1.807) is 23.7 Å². The summed E-state index contributed by atoms with van der Waals surface area (Å²) in [6.07, 6.45) is 0. The number of ether oxygens (including phenoxy) is 1. The van der Waals surface area contributed by atoms with E-state index in [0.29, 0.717) is 4.88 Å². The lowest BCUT2D eigenvalue weighted by Crippen LogP contribution is -2.37. The van der Waals surface area contributed by atoms with E-state index in [-0.39, 0.29) is 0 Å². The highest BCUT2D eigenvalue weighted by molar-refractivity contribution is 7.12. The van der Waals surface area contributed by atoms with Crippen LogP contribution >= 0.6 is 11.3 Å². The Balaban J connectivity index is 2.45. The van der Waals surface area contributed by atoms with Gasteiger partial charge in [-0.05, 0) is 23.9 Å². The summed E-state index contributed by atoms with van der Waals surface area (Å²) in [6.45, 7) is 1.23. The number of hydrogen-bond donors (Lipinski definition) is 2. The van der Waals surface area contributed by atoms with Crippen molar-refractivity contribution in [3.8, 4) is 0 Å². The molecule has 3 N–H and O–H groups in total. The van der Waals surface area contributed by atoms with Crippen LogP contribution in [0.1, 0.15) is 15.2 Å². The number of carbonyl (C=O) groups is 3. The molecular weight excluding hydrogens is 232 g/mol. The zero-order valence-corrected chi connectivity index (χ0v) is 9.30. The third kappa shape index (κ3) is 3.35. The second-order valence-corrected chi connectivity index (χ2v) is 3.84. The summed E-state index contributed by atoms with van der Waals surface area (Å²) < 4.78 is 4.68. The molecule has 0 aromatic carbocycles. The maximum Gasteiger partial charge on any atom is 0.349 e. The molecule has 0 spiro atoms. The Morgan fingerprint density at radius 2 is 2.19 bits per heavy atom. The monoisotopic (exact) mass is 242 g/mol. The van der Waals surface area contributed by atoms with Crippen LogP contribution < -0.4 is 11.1 Å². The van der Waals surface area contributed by atoms with Crippen LogP contribution in [-0.2, 0) is 9.53 Å². The Bertz CT molecular complexity index is 427. The highest BCUT2D eigenvalue weighted by Gasteiger charge is 2.14. The summed E-state index contributed by atoms with van der Waals surface area (Å²) in [6, 6.07) is 0.790. The quantitative estimate of drug-likeness (QED) is 0.750. The molecule has 1 aromatic heterocycles. The molecule has 0 unspecified atom stereocenters. The largest absolute Gasteiger partial charge is 0.451 e. The lowest BCUT2D eigenvalue weighted by Gasteiger charge is -2.03. The first-order valence-corrected chi connectivity index (χ1v) is 5.19. The summed E-state index contributed by atoms with van der Waals surface area (Å²) in [5.74, 6) is -1.35. The first-order chi connectivity index (χ1) is 7.50. The van der Waals surface area contributed by atoms with Crippen molar-refractivity contribution in [2.24, 2.45) is 5.73 Å². The second-order valence-electron chi connectivity index (χ2n) is 2.92. The van der Waals surface area contributed by atoms with Gasteiger partial charge in [0, 0.05) is 0 Å². The van der Waals surface area contributed by atoms with Crippen LogP contribution in [0.4, 0.5) is 4.79 Å². The maximum absolute atomic E-state index is 11.4. The minimum atomic E-state index is -0.978. The molecule has 6 nitrogen and oxygen atoms in total. The summed E-state index contributed by atoms with van der Waals surface area (Å²) >= 11 is 1.23. The zero-order valence-electron chi connectivity index (χ0n) is 8.48. The standard InChI is InChI=1S/C9H10N2O4S/c1-5-2-3-16-7(5)8(13)15-4-6(12)11-9(10)14/h2-3H,4H2,1H3,(H3,10,11,12,14). The predicted molar refractivity (Wildman–Crippen MR) is 57.1 cm³/mol. The fraction of sp³-hybridized carbons (Fsp3) is 0.222. The second kappa shape index (κ2) is 5.26. The Morgan fingerprint density at radius 1 is 1.50 bits per heavy atom. The first-order valence-electron chi connectivity index (χ1n) is 4.31. The number of primary amides is 1. The molecule has 1 heterocycles. The number of urea groups is 1. The normalized spacial score (nSPS) is 9.56. The van der Waals surface area contributed by atoms with Crippen molar-refractivity contribution >= 4 is 29.2 Å². The number of esters is 1. The number of nitrogens with two attached hydrogens (primary N) is 1. The Morgan fingerprint density at radius 3 is 2.69 bits per heavy atom. The van der Waals surface area contributed by atoms with Crippen molar-refractivity contribution in [1.82, 2.24) is 5.32 Å². The van der Waals surface area contributed by atoms with Gasteiger partial charge in [-0.3, -0.25) is 10.1 Å². The SMILES string of the molecule is Cc1ccsc1C(=O)OCC(=O)NC(N)=O. The molecule has 3 amide bonds. The van der Waals surface area contributed by atoms with E-state index in [2.05, 4.69) is 4.74 Å². The first kappa shape index (κ1) is 12.2. The van der Waals surface area contributed by atoms with Crippen molar-refractivity contribution in [2.45, 2.75) is 6.92 Å². The van der Waals surface area contributed by atoms with Gasteiger partial charge in [-0.2, -0.15) is 0 Å². The fourth-order valence-electron chi connectivity index (χ4n) is 0.952. The van der Waals surface area contributed by atoms with Crippen LogP contribution in [0.5, 0.6) is 0 Å². The van der Waals surface area contributed by atoms with E-state index in [9.17, 15) is 14.4 Å². The van der Waals surface area contributed by atoms with Gasteiger partial charge in [-0.25, -0.2) is 9.59 Å². The number of thiophene rings is 1. The van der Waals surface area contributed by atoms with E-state index in [1.807, 2.05) is 0 Å². The van der Waals surface area contributed by atoms with Crippen LogP contribution in [0.2, 0.25) is 0 Å². The topological polar surface area (TPSA) is 98.5 Å². The summed E-state index contributed by atoms with van der Waals surface area (Å²) in [5, 5.41) is 3.53. The number of carbonyl (C=O) groups excluding carboxylic acids is 3. The van der Waals surface area contributed by atoms with Gasteiger partial charge < -0.3 is 10.5 Å². The van der Waals surface area contributed by atoms with Crippen LogP contribution in [-0.4, -0.2) is 24.5 Å². The molecule has 0 aliphatic carbocycles. The van der Waals surface area contributed by atoms with Crippen LogP contribution in [0.25, 0.3) is 0 Å². The molecule has 16 heavy (non-hydrogen) atoms. The lowest BCUT2D eigenvalue weighted by molar-refractivity contribution is -0.123. The summed E-state index contributed by atoms with van der Waals surface area (Å²) in [4.78, 5) is 33.1. The molecule has 7 heteroatoms. The Kier molecular flexibility index (Phi) is 4.01. The van der Waals surface area contributed by atoms with Crippen molar-refractivity contribution in [1.29, 1.82) is 0 Å². The van der Waals surface area contributed by atoms with E-state index < -0.39 is 24.5 Å². The molecule has 0 radical (unpaired) electrons. The summed E-state index contributed by atoms with van der Waals surface area (Å²) in [5.41, 5.74) is 5.49. The number of hydrogen-bond acceptors (Lipinski definition) is 5. The van der Waals surface area contributed by atoms with Gasteiger partial charge in [0.1, 0.15) is 4.88 Å². The highest BCUT2D eigenvalue weighted by atomic mass is 32.1. The van der Waals surface area contributed by atoms with Crippen molar-refractivity contribution in [2.75, 3.05) is 6.61 Å². The summed E-state index contributed by atoms with van der Waals surface area (Å²) in [7, 11) is 0. The molecule has 86 valence electrons. The molecular formula is C9H10N2O4S. The number of imide groups is 1. The van der Waals surface area contributed by atoms with Gasteiger partial charge in [-0.1, -0.05) is 0 Å². The lowest BCUT2D eigenvalue weighted by atomic mass is 10.3. The smallest absolute Gasteiger partial charge is 0.349 e. The average molecular weight is 242 g/mol. The van der Waals surface area contributed by atoms with E-state index in [0.717, 1.165) is 5.56 Å². The fourth-order valence-corrected chi connectivity index (χ4v) is 1.77. The molecule has 1 aromatic rings. The van der Waals surface area contributed by atoms with E-state index in [4.69, 9.17) is 5.73 Å². The van der Waals surface area contributed by atoms with E-state index in [1.165, 1.54) is 11.3 Å². The Hall–Kier alpha value is -1.89. The van der Waals surface area contributed by atoms with Gasteiger partial charge in [0.05, 0.1) is 0 Å². The number of rotatable bonds is 3. The van der Waals surface area contributed by atoms with Crippen molar-refractivity contribution in [3.05, 3.63) is 21.9 Å². The highest BCUT2D eigenvalue weighted by Crippen LogP contribution is 2.16.